The zero-order valence-corrected chi connectivity index (χ0v) is 15.4. The molecule has 7 nitrogen and oxygen atoms in total. The molecule has 134 valence electrons. The van der Waals surface area contributed by atoms with Crippen LogP contribution < -0.4 is 14.5 Å². The van der Waals surface area contributed by atoms with E-state index in [1.54, 1.807) is 13.3 Å². The zero-order chi connectivity index (χ0) is 17.8. The lowest BCUT2D eigenvalue weighted by Gasteiger charge is -2.35. The number of hydrogen-bond donors (Lipinski definition) is 0. The second-order valence-electron chi connectivity index (χ2n) is 6.53. The van der Waals surface area contributed by atoms with Gasteiger partial charge in [0.1, 0.15) is 5.82 Å². The van der Waals surface area contributed by atoms with E-state index in [9.17, 15) is 0 Å². The molecule has 0 spiro atoms. The lowest BCUT2D eigenvalue weighted by Crippen LogP contribution is -2.46. The number of anilines is 2. The summed E-state index contributed by atoms with van der Waals surface area (Å²) < 4.78 is 5.20. The molecule has 3 rings (SSSR count). The maximum absolute atomic E-state index is 5.20. The molecule has 3 heterocycles. The van der Waals surface area contributed by atoms with Gasteiger partial charge in [0.25, 0.3) is 0 Å². The molecule has 1 fully saturated rings. The molecule has 0 radical (unpaired) electrons. The van der Waals surface area contributed by atoms with Crippen LogP contribution in [0.25, 0.3) is 0 Å². The van der Waals surface area contributed by atoms with Gasteiger partial charge in [-0.25, -0.2) is 9.97 Å². The van der Waals surface area contributed by atoms with Gasteiger partial charge in [-0.2, -0.15) is 4.98 Å². The number of piperazine rings is 1. The summed E-state index contributed by atoms with van der Waals surface area (Å²) in [5.41, 5.74) is 2.22. The molecule has 0 bridgehead atoms. The van der Waals surface area contributed by atoms with Crippen molar-refractivity contribution in [1.29, 1.82) is 0 Å². The molecular formula is C18H26N6O. The van der Waals surface area contributed by atoms with E-state index in [0.29, 0.717) is 5.88 Å². The molecule has 0 atom stereocenters. The SMILES string of the molecule is COc1cc(CN2CCN(c3nc(C)cc(N(C)C)n3)CC2)ccn1. The van der Waals surface area contributed by atoms with E-state index < -0.39 is 0 Å². The summed E-state index contributed by atoms with van der Waals surface area (Å²) in [5.74, 6) is 2.45. The highest BCUT2D eigenvalue weighted by Crippen LogP contribution is 2.18. The van der Waals surface area contributed by atoms with Crippen LogP contribution in [0.2, 0.25) is 0 Å². The van der Waals surface area contributed by atoms with Crippen molar-refractivity contribution in [3.8, 4) is 5.88 Å². The Morgan fingerprint density at radius 2 is 1.88 bits per heavy atom. The molecule has 1 aliphatic heterocycles. The van der Waals surface area contributed by atoms with Crippen LogP contribution in [0.3, 0.4) is 0 Å². The Bertz CT molecular complexity index is 712. The third kappa shape index (κ3) is 4.36. The van der Waals surface area contributed by atoms with Crippen molar-refractivity contribution < 1.29 is 4.74 Å². The molecule has 0 aliphatic carbocycles. The van der Waals surface area contributed by atoms with Gasteiger partial charge in [-0.15, -0.1) is 0 Å². The second-order valence-corrected chi connectivity index (χ2v) is 6.53. The Hall–Kier alpha value is -2.41. The number of rotatable bonds is 5. The number of hydrogen-bond acceptors (Lipinski definition) is 7. The molecule has 0 N–H and O–H groups in total. The fraction of sp³-hybridized carbons (Fsp3) is 0.500. The quantitative estimate of drug-likeness (QED) is 0.817. The van der Waals surface area contributed by atoms with Crippen LogP contribution >= 0.6 is 0 Å². The molecule has 0 saturated carbocycles. The van der Waals surface area contributed by atoms with E-state index in [2.05, 4.69) is 24.8 Å². The van der Waals surface area contributed by atoms with Gasteiger partial charge < -0.3 is 14.5 Å². The first kappa shape index (κ1) is 17.4. The van der Waals surface area contributed by atoms with Gasteiger partial charge in [0.05, 0.1) is 7.11 Å². The van der Waals surface area contributed by atoms with Gasteiger partial charge in [0, 0.05) is 70.8 Å². The third-order valence-electron chi connectivity index (χ3n) is 4.36. The number of aromatic nitrogens is 3. The number of nitrogens with zero attached hydrogens (tertiary/aromatic N) is 6. The van der Waals surface area contributed by atoms with E-state index in [4.69, 9.17) is 4.74 Å². The maximum atomic E-state index is 5.20. The monoisotopic (exact) mass is 342 g/mol. The first-order chi connectivity index (χ1) is 12.0. The van der Waals surface area contributed by atoms with Crippen LogP contribution in [0.5, 0.6) is 5.88 Å². The summed E-state index contributed by atoms with van der Waals surface area (Å²) in [6.07, 6.45) is 1.80. The minimum Gasteiger partial charge on any atom is -0.481 e. The molecule has 1 saturated heterocycles. The van der Waals surface area contributed by atoms with Gasteiger partial charge >= 0.3 is 0 Å². The summed E-state index contributed by atoms with van der Waals surface area (Å²) in [4.78, 5) is 20.2. The Kier molecular flexibility index (Phi) is 5.33. The average Bonchev–Trinajstić information content (AvgIpc) is 2.62. The van der Waals surface area contributed by atoms with Gasteiger partial charge in [-0.3, -0.25) is 4.90 Å². The smallest absolute Gasteiger partial charge is 0.227 e. The average molecular weight is 342 g/mol. The highest BCUT2D eigenvalue weighted by molar-refractivity contribution is 5.45. The molecule has 7 heteroatoms. The van der Waals surface area contributed by atoms with Crippen molar-refractivity contribution in [1.82, 2.24) is 19.9 Å². The highest BCUT2D eigenvalue weighted by Gasteiger charge is 2.20. The zero-order valence-electron chi connectivity index (χ0n) is 15.4. The lowest BCUT2D eigenvalue weighted by atomic mass is 10.2. The number of methoxy groups -OCH3 is 1. The Morgan fingerprint density at radius 1 is 1.12 bits per heavy atom. The summed E-state index contributed by atoms with van der Waals surface area (Å²) in [5, 5.41) is 0. The van der Waals surface area contributed by atoms with Crippen molar-refractivity contribution in [2.24, 2.45) is 0 Å². The topological polar surface area (TPSA) is 57.6 Å². The highest BCUT2D eigenvalue weighted by atomic mass is 16.5. The van der Waals surface area contributed by atoms with Crippen LogP contribution in [-0.4, -0.2) is 67.2 Å². The van der Waals surface area contributed by atoms with Gasteiger partial charge in [0.15, 0.2) is 0 Å². The molecule has 0 amide bonds. The second kappa shape index (κ2) is 7.65. The lowest BCUT2D eigenvalue weighted by molar-refractivity contribution is 0.248. The van der Waals surface area contributed by atoms with E-state index in [1.165, 1.54) is 5.56 Å². The molecule has 2 aromatic heterocycles. The molecule has 1 aliphatic rings. The number of aryl methyl sites for hydroxylation is 1. The summed E-state index contributed by atoms with van der Waals surface area (Å²) in [7, 11) is 5.66. The van der Waals surface area contributed by atoms with Crippen molar-refractivity contribution in [2.75, 3.05) is 57.2 Å². The Morgan fingerprint density at radius 3 is 2.56 bits per heavy atom. The number of pyridine rings is 1. The van der Waals surface area contributed by atoms with Gasteiger partial charge in [0.2, 0.25) is 11.8 Å². The van der Waals surface area contributed by atoms with Crippen LogP contribution in [0.15, 0.2) is 24.4 Å². The summed E-state index contributed by atoms with van der Waals surface area (Å²) >= 11 is 0. The van der Waals surface area contributed by atoms with Crippen molar-refractivity contribution in [2.45, 2.75) is 13.5 Å². The predicted molar refractivity (Wildman–Crippen MR) is 99.4 cm³/mol. The van der Waals surface area contributed by atoms with Gasteiger partial charge in [-0.1, -0.05) is 0 Å². The van der Waals surface area contributed by atoms with Crippen LogP contribution in [0, 0.1) is 6.92 Å². The molecule has 2 aromatic rings. The fourth-order valence-electron chi connectivity index (χ4n) is 2.93. The summed E-state index contributed by atoms with van der Waals surface area (Å²) in [6.45, 7) is 6.76. The van der Waals surface area contributed by atoms with Crippen LogP contribution in [0.4, 0.5) is 11.8 Å². The minimum absolute atomic E-state index is 0.667. The maximum Gasteiger partial charge on any atom is 0.227 e. The normalized spacial score (nSPS) is 15.3. The van der Waals surface area contributed by atoms with Crippen LogP contribution in [-0.2, 0) is 6.54 Å². The van der Waals surface area contributed by atoms with E-state index in [-0.39, 0.29) is 0 Å². The minimum atomic E-state index is 0.667. The van der Waals surface area contributed by atoms with E-state index in [0.717, 1.165) is 50.2 Å². The van der Waals surface area contributed by atoms with Crippen molar-refractivity contribution in [3.63, 3.8) is 0 Å². The largest absolute Gasteiger partial charge is 0.481 e. The van der Waals surface area contributed by atoms with E-state index >= 15 is 0 Å². The first-order valence-corrected chi connectivity index (χ1v) is 8.54. The predicted octanol–water partition coefficient (Wildman–Crippen LogP) is 1.58. The van der Waals surface area contributed by atoms with Crippen molar-refractivity contribution in [3.05, 3.63) is 35.7 Å². The van der Waals surface area contributed by atoms with Crippen molar-refractivity contribution >= 4 is 11.8 Å². The Balaban J connectivity index is 1.62. The van der Waals surface area contributed by atoms with Gasteiger partial charge in [-0.05, 0) is 18.6 Å². The molecular weight excluding hydrogens is 316 g/mol. The van der Waals surface area contributed by atoms with E-state index in [1.807, 2.05) is 44.1 Å². The Labute approximate surface area is 149 Å². The summed E-state index contributed by atoms with van der Waals surface area (Å²) in [6, 6.07) is 6.05. The van der Waals surface area contributed by atoms with Crippen LogP contribution in [0.1, 0.15) is 11.3 Å². The molecule has 0 unspecified atom stereocenters. The molecule has 0 aromatic carbocycles. The number of ether oxygens (including phenoxy) is 1. The first-order valence-electron chi connectivity index (χ1n) is 8.54. The third-order valence-corrected chi connectivity index (χ3v) is 4.36. The standard InChI is InChI=1S/C18H26N6O/c1-14-11-16(22(2)3)21-18(20-14)24-9-7-23(8-10-24)13-15-5-6-19-17(12-15)25-4/h5-6,11-12H,7-10,13H2,1-4H3. The molecule has 25 heavy (non-hydrogen) atoms. The fourth-order valence-corrected chi connectivity index (χ4v) is 2.93.